The normalized spacial score (nSPS) is 10.9. The van der Waals surface area contributed by atoms with Crippen molar-refractivity contribution in [2.24, 2.45) is 7.05 Å². The van der Waals surface area contributed by atoms with E-state index in [9.17, 15) is 4.79 Å². The van der Waals surface area contributed by atoms with Gasteiger partial charge in [-0.2, -0.15) is 0 Å². The largest absolute Gasteiger partial charge is 0.464 e. The average molecular weight is 271 g/mol. The zero-order valence-corrected chi connectivity index (χ0v) is 11.2. The molecular weight excluding hydrogens is 258 g/mol. The molecule has 3 rings (SSSR count). The lowest BCUT2D eigenvalue weighted by Gasteiger charge is -1.95. The van der Waals surface area contributed by atoms with E-state index >= 15 is 0 Å². The van der Waals surface area contributed by atoms with Crippen LogP contribution in [0.2, 0.25) is 0 Å². The summed E-state index contributed by atoms with van der Waals surface area (Å²) < 4.78 is 11.9. The first-order chi connectivity index (χ1) is 9.70. The molecule has 0 aliphatic heterocycles. The van der Waals surface area contributed by atoms with E-state index in [0.29, 0.717) is 12.4 Å². The number of hydrogen-bond acceptors (Lipinski definition) is 5. The predicted molar refractivity (Wildman–Crippen MR) is 72.2 cm³/mol. The average Bonchev–Trinajstić information content (AvgIpc) is 3.02. The van der Waals surface area contributed by atoms with Gasteiger partial charge in [0, 0.05) is 12.4 Å². The first kappa shape index (κ1) is 12.4. The Labute approximate surface area is 115 Å². The molecule has 6 nitrogen and oxygen atoms in total. The third-order valence-electron chi connectivity index (χ3n) is 2.94. The number of fused-ring (bicyclic) bond motifs is 1. The lowest BCUT2D eigenvalue weighted by molar-refractivity contribution is 0.0512. The van der Waals surface area contributed by atoms with E-state index in [1.165, 1.54) is 0 Å². The molecule has 0 radical (unpaired) electrons. The maximum absolute atomic E-state index is 11.7. The van der Waals surface area contributed by atoms with Crippen LogP contribution in [-0.4, -0.2) is 27.3 Å². The lowest BCUT2D eigenvalue weighted by atomic mass is 10.2. The van der Waals surface area contributed by atoms with Gasteiger partial charge in [0.15, 0.2) is 5.82 Å². The second kappa shape index (κ2) is 4.80. The van der Waals surface area contributed by atoms with Gasteiger partial charge >= 0.3 is 5.97 Å². The molecule has 0 N–H and O–H groups in total. The van der Waals surface area contributed by atoms with E-state index in [-0.39, 0.29) is 5.82 Å². The number of rotatable bonds is 3. The van der Waals surface area contributed by atoms with Crippen LogP contribution in [0.15, 0.2) is 34.9 Å². The van der Waals surface area contributed by atoms with Gasteiger partial charge in [-0.3, -0.25) is 0 Å². The minimum absolute atomic E-state index is 0.0506. The maximum Gasteiger partial charge on any atom is 0.378 e. The van der Waals surface area contributed by atoms with Crippen molar-refractivity contribution >= 4 is 16.9 Å². The number of para-hydroxylation sites is 1. The van der Waals surface area contributed by atoms with Gasteiger partial charge in [0.2, 0.25) is 0 Å². The number of hydrogen-bond donors (Lipinski definition) is 0. The highest BCUT2D eigenvalue weighted by Crippen LogP contribution is 2.28. The molecule has 20 heavy (non-hydrogen) atoms. The fourth-order valence-electron chi connectivity index (χ4n) is 2.05. The molecule has 0 aliphatic carbocycles. The molecule has 0 amide bonds. The summed E-state index contributed by atoms with van der Waals surface area (Å²) in [5.41, 5.74) is 1.56. The standard InChI is InChI=1S/C14H13N3O3/c1-3-19-14(18)12-15-13(17(2)16-12)10-8-20-11-7-5-4-6-9(10)11/h4-8H,3H2,1-2H3. The second-order valence-corrected chi connectivity index (χ2v) is 4.25. The lowest BCUT2D eigenvalue weighted by Crippen LogP contribution is -2.07. The fraction of sp³-hybridized carbons (Fsp3) is 0.214. The van der Waals surface area contributed by atoms with Gasteiger partial charge in [-0.05, 0) is 13.0 Å². The SMILES string of the molecule is CCOC(=O)c1nc(-c2coc3ccccc23)n(C)n1. The van der Waals surface area contributed by atoms with Crippen LogP contribution in [0.25, 0.3) is 22.4 Å². The molecule has 2 heterocycles. The summed E-state index contributed by atoms with van der Waals surface area (Å²) in [6.45, 7) is 2.03. The predicted octanol–water partition coefficient (Wildman–Crippen LogP) is 2.41. The Hall–Kier alpha value is -2.63. The number of furan rings is 1. The molecule has 6 heteroatoms. The number of benzene rings is 1. The third-order valence-corrected chi connectivity index (χ3v) is 2.94. The fourth-order valence-corrected chi connectivity index (χ4v) is 2.05. The minimum atomic E-state index is -0.526. The van der Waals surface area contributed by atoms with E-state index in [4.69, 9.17) is 9.15 Å². The third kappa shape index (κ3) is 1.95. The number of aromatic nitrogens is 3. The molecule has 0 unspecified atom stereocenters. The van der Waals surface area contributed by atoms with Crippen LogP contribution >= 0.6 is 0 Å². The highest BCUT2D eigenvalue weighted by Gasteiger charge is 2.19. The first-order valence-corrected chi connectivity index (χ1v) is 6.25. The molecule has 0 saturated carbocycles. The molecule has 0 atom stereocenters. The topological polar surface area (TPSA) is 70.2 Å². The monoisotopic (exact) mass is 271 g/mol. The van der Waals surface area contributed by atoms with Crippen LogP contribution < -0.4 is 0 Å². The van der Waals surface area contributed by atoms with Crippen molar-refractivity contribution in [2.75, 3.05) is 6.61 Å². The van der Waals surface area contributed by atoms with Gasteiger partial charge in [0.25, 0.3) is 5.82 Å². The zero-order chi connectivity index (χ0) is 14.1. The molecule has 0 aliphatic rings. The van der Waals surface area contributed by atoms with Crippen LogP contribution in [0, 0.1) is 0 Å². The summed E-state index contributed by atoms with van der Waals surface area (Å²) in [4.78, 5) is 15.9. The Kier molecular flexibility index (Phi) is 2.98. The van der Waals surface area contributed by atoms with E-state index in [2.05, 4.69) is 10.1 Å². The van der Waals surface area contributed by atoms with Gasteiger partial charge in [0.1, 0.15) is 11.8 Å². The van der Waals surface area contributed by atoms with Crippen molar-refractivity contribution in [3.63, 3.8) is 0 Å². The summed E-state index contributed by atoms with van der Waals surface area (Å²) in [5, 5.41) is 5.01. The molecule has 102 valence electrons. The molecule has 0 fully saturated rings. The number of esters is 1. The van der Waals surface area contributed by atoms with Crippen molar-refractivity contribution in [3.8, 4) is 11.4 Å². The smallest absolute Gasteiger partial charge is 0.378 e. The van der Waals surface area contributed by atoms with Crippen LogP contribution in [0.5, 0.6) is 0 Å². The van der Waals surface area contributed by atoms with Crippen LogP contribution in [-0.2, 0) is 11.8 Å². The molecule has 3 aromatic rings. The Morgan fingerprint density at radius 3 is 3.00 bits per heavy atom. The Bertz CT molecular complexity index is 773. The molecule has 2 aromatic heterocycles. The number of carbonyl (C=O) groups is 1. The number of ether oxygens (including phenoxy) is 1. The van der Waals surface area contributed by atoms with Crippen LogP contribution in [0.1, 0.15) is 17.5 Å². The first-order valence-electron chi connectivity index (χ1n) is 6.25. The number of carbonyl (C=O) groups excluding carboxylic acids is 1. The van der Waals surface area contributed by atoms with E-state index < -0.39 is 5.97 Å². The van der Waals surface area contributed by atoms with Crippen molar-refractivity contribution in [1.29, 1.82) is 0 Å². The maximum atomic E-state index is 11.7. The van der Waals surface area contributed by atoms with E-state index in [1.807, 2.05) is 24.3 Å². The van der Waals surface area contributed by atoms with Gasteiger partial charge in [-0.15, -0.1) is 5.10 Å². The van der Waals surface area contributed by atoms with Crippen molar-refractivity contribution in [3.05, 3.63) is 36.4 Å². The Morgan fingerprint density at radius 1 is 1.40 bits per heavy atom. The molecular formula is C14H13N3O3. The van der Waals surface area contributed by atoms with Crippen LogP contribution in [0.3, 0.4) is 0 Å². The van der Waals surface area contributed by atoms with Gasteiger partial charge < -0.3 is 9.15 Å². The summed E-state index contributed by atoms with van der Waals surface area (Å²) in [5.74, 6) is 0.0924. The molecule has 0 spiro atoms. The Balaban J connectivity index is 2.08. The quantitative estimate of drug-likeness (QED) is 0.684. The zero-order valence-electron chi connectivity index (χ0n) is 11.2. The minimum Gasteiger partial charge on any atom is -0.464 e. The van der Waals surface area contributed by atoms with Gasteiger partial charge in [0.05, 0.1) is 12.2 Å². The van der Waals surface area contributed by atoms with Gasteiger partial charge in [-0.1, -0.05) is 18.2 Å². The highest BCUT2D eigenvalue weighted by molar-refractivity contribution is 5.93. The van der Waals surface area contributed by atoms with Crippen LogP contribution in [0.4, 0.5) is 0 Å². The summed E-state index contributed by atoms with van der Waals surface area (Å²) >= 11 is 0. The van der Waals surface area contributed by atoms with E-state index in [0.717, 1.165) is 16.5 Å². The Morgan fingerprint density at radius 2 is 2.20 bits per heavy atom. The summed E-state index contributed by atoms with van der Waals surface area (Å²) in [7, 11) is 1.73. The molecule has 0 bridgehead atoms. The number of aryl methyl sites for hydroxylation is 1. The van der Waals surface area contributed by atoms with Crippen molar-refractivity contribution in [1.82, 2.24) is 14.8 Å². The molecule has 0 saturated heterocycles. The van der Waals surface area contributed by atoms with Crippen molar-refractivity contribution in [2.45, 2.75) is 6.92 Å². The highest BCUT2D eigenvalue weighted by atomic mass is 16.5. The molecule has 1 aromatic carbocycles. The van der Waals surface area contributed by atoms with Gasteiger partial charge in [-0.25, -0.2) is 14.5 Å². The number of nitrogens with zero attached hydrogens (tertiary/aromatic N) is 3. The van der Waals surface area contributed by atoms with Crippen molar-refractivity contribution < 1.29 is 13.9 Å². The summed E-state index contributed by atoms with van der Waals surface area (Å²) in [6, 6.07) is 7.63. The van der Waals surface area contributed by atoms with E-state index in [1.54, 1.807) is 24.9 Å². The second-order valence-electron chi connectivity index (χ2n) is 4.25. The summed E-state index contributed by atoms with van der Waals surface area (Å²) in [6.07, 6.45) is 1.61.